The largest absolute Gasteiger partial charge is 0.475 e. The van der Waals surface area contributed by atoms with Crippen LogP contribution in [0.15, 0.2) is 29.4 Å². The van der Waals surface area contributed by atoms with Crippen LogP contribution in [0.5, 0.6) is 5.88 Å². The Labute approximate surface area is 187 Å². The summed E-state index contributed by atoms with van der Waals surface area (Å²) in [6.07, 6.45) is 1.89. The van der Waals surface area contributed by atoms with E-state index >= 15 is 0 Å². The molecule has 0 spiro atoms. The van der Waals surface area contributed by atoms with E-state index in [-0.39, 0.29) is 30.1 Å². The number of pyridine rings is 1. The summed E-state index contributed by atoms with van der Waals surface area (Å²) in [6.45, 7) is 7.81. The van der Waals surface area contributed by atoms with Crippen LogP contribution in [-0.2, 0) is 20.1 Å². The third kappa shape index (κ3) is 7.38. The average Bonchev–Trinajstić information content (AvgIpc) is 2.85. The maximum Gasteiger partial charge on any atom is 0.213 e. The molecule has 9 heteroatoms. The molecule has 0 radical (unpaired) electrons. The van der Waals surface area contributed by atoms with E-state index < -0.39 is 0 Å². The van der Waals surface area contributed by atoms with Crippen molar-refractivity contribution in [2.24, 2.45) is 12.0 Å². The minimum atomic E-state index is 0. The monoisotopic (exact) mass is 525 g/mol. The van der Waals surface area contributed by atoms with E-state index in [1.54, 1.807) is 6.20 Å². The number of aromatic nitrogens is 2. The molecule has 27 heavy (non-hydrogen) atoms. The Balaban J connectivity index is 0.00000364. The molecule has 2 rings (SSSR count). The Hall–Kier alpha value is -1.19. The molecule has 0 amide bonds. The minimum Gasteiger partial charge on any atom is -0.475 e. The van der Waals surface area contributed by atoms with Gasteiger partial charge in [0.1, 0.15) is 5.15 Å². The first-order chi connectivity index (χ1) is 12.4. The summed E-state index contributed by atoms with van der Waals surface area (Å²) in [7, 11) is 1.88. The third-order valence-electron chi connectivity index (χ3n) is 3.57. The number of guanidine groups is 1. The fraction of sp³-hybridized carbons (Fsp3) is 0.444. The van der Waals surface area contributed by atoms with Gasteiger partial charge >= 0.3 is 0 Å². The van der Waals surface area contributed by atoms with Gasteiger partial charge in [-0.15, -0.1) is 24.0 Å². The molecule has 2 heterocycles. The predicted octanol–water partition coefficient (Wildman–Crippen LogP) is 4.39. The quantitative estimate of drug-likeness (QED) is 0.320. The molecule has 0 aromatic carbocycles. The average molecular weight is 526 g/mol. The third-order valence-corrected chi connectivity index (χ3v) is 4.41. The number of halogens is 3. The van der Waals surface area contributed by atoms with E-state index in [2.05, 4.69) is 20.6 Å². The zero-order valence-electron chi connectivity index (χ0n) is 15.9. The summed E-state index contributed by atoms with van der Waals surface area (Å²) in [5.74, 6) is 1.33. The van der Waals surface area contributed by atoms with Crippen molar-refractivity contribution in [3.8, 4) is 5.88 Å². The van der Waals surface area contributed by atoms with Crippen molar-refractivity contribution >= 4 is 53.1 Å². The summed E-state index contributed by atoms with van der Waals surface area (Å²) in [5, 5.41) is 7.57. The second-order valence-electron chi connectivity index (χ2n) is 6.05. The van der Waals surface area contributed by atoms with Gasteiger partial charge in [0.2, 0.25) is 5.88 Å². The molecule has 0 aliphatic rings. The summed E-state index contributed by atoms with van der Waals surface area (Å²) >= 11 is 12.2. The van der Waals surface area contributed by atoms with Crippen LogP contribution in [0.2, 0.25) is 10.2 Å². The van der Waals surface area contributed by atoms with Crippen LogP contribution in [0.25, 0.3) is 0 Å². The van der Waals surface area contributed by atoms with E-state index in [9.17, 15) is 0 Å². The lowest BCUT2D eigenvalue weighted by atomic mass is 10.3. The second-order valence-corrected chi connectivity index (χ2v) is 6.82. The van der Waals surface area contributed by atoms with Crippen molar-refractivity contribution in [1.29, 1.82) is 0 Å². The number of aliphatic imine (C=N–C) groups is 1. The van der Waals surface area contributed by atoms with Gasteiger partial charge in [0, 0.05) is 31.5 Å². The number of hydrogen-bond acceptors (Lipinski definition) is 3. The maximum atomic E-state index is 6.10. The number of nitrogens with one attached hydrogen (secondary N) is 2. The van der Waals surface area contributed by atoms with Crippen LogP contribution >= 0.6 is 47.2 Å². The first kappa shape index (κ1) is 23.8. The first-order valence-electron chi connectivity index (χ1n) is 8.54. The Morgan fingerprint density at radius 1 is 1.30 bits per heavy atom. The Morgan fingerprint density at radius 2 is 2.04 bits per heavy atom. The molecule has 0 unspecified atom stereocenters. The van der Waals surface area contributed by atoms with E-state index in [1.807, 2.05) is 50.6 Å². The molecule has 2 aromatic rings. The van der Waals surface area contributed by atoms with Gasteiger partial charge in [0.15, 0.2) is 5.96 Å². The van der Waals surface area contributed by atoms with E-state index in [4.69, 9.17) is 27.9 Å². The molecule has 0 saturated carbocycles. The smallest absolute Gasteiger partial charge is 0.213 e. The Bertz CT molecular complexity index is 747. The zero-order chi connectivity index (χ0) is 19.1. The molecular weight excluding hydrogens is 500 g/mol. The lowest BCUT2D eigenvalue weighted by Crippen LogP contribution is -2.37. The summed E-state index contributed by atoms with van der Waals surface area (Å²) < 4.78 is 7.39. The highest BCUT2D eigenvalue weighted by Gasteiger charge is 2.09. The first-order valence-corrected chi connectivity index (χ1v) is 9.29. The molecule has 150 valence electrons. The highest BCUT2D eigenvalue weighted by molar-refractivity contribution is 14.0. The zero-order valence-corrected chi connectivity index (χ0v) is 19.8. The molecule has 0 aliphatic carbocycles. The van der Waals surface area contributed by atoms with Gasteiger partial charge in [-0.3, -0.25) is 0 Å². The molecular formula is C18H26Cl2IN5O. The molecule has 6 nitrogen and oxygen atoms in total. The number of hydrogen-bond donors (Lipinski definition) is 2. The van der Waals surface area contributed by atoms with Crippen molar-refractivity contribution in [3.05, 3.63) is 45.8 Å². The lowest BCUT2D eigenvalue weighted by molar-refractivity contribution is 0.232. The van der Waals surface area contributed by atoms with E-state index in [0.717, 1.165) is 17.8 Å². The second kappa shape index (κ2) is 11.6. The van der Waals surface area contributed by atoms with Gasteiger partial charge < -0.3 is 19.9 Å². The van der Waals surface area contributed by atoms with Gasteiger partial charge in [-0.05, 0) is 32.4 Å². The highest BCUT2D eigenvalue weighted by Crippen LogP contribution is 2.24. The molecule has 2 aromatic heterocycles. The van der Waals surface area contributed by atoms with Crippen LogP contribution in [0.4, 0.5) is 0 Å². The summed E-state index contributed by atoms with van der Waals surface area (Å²) in [6, 6.07) is 5.67. The van der Waals surface area contributed by atoms with Crippen LogP contribution in [0, 0.1) is 0 Å². The van der Waals surface area contributed by atoms with Crippen LogP contribution in [0.1, 0.15) is 32.0 Å². The molecule has 0 fully saturated rings. The predicted molar refractivity (Wildman–Crippen MR) is 123 cm³/mol. The minimum absolute atomic E-state index is 0. The van der Waals surface area contributed by atoms with Crippen LogP contribution < -0.4 is 15.4 Å². The topological polar surface area (TPSA) is 63.5 Å². The SMILES string of the molecule is CCNC(=NCc1ccc(OC(C)C)nc1)NCc1cc(Cl)c(Cl)n1C.I. The normalized spacial score (nSPS) is 11.3. The van der Waals surface area contributed by atoms with Gasteiger partial charge in [0.05, 0.1) is 24.2 Å². The highest BCUT2D eigenvalue weighted by atomic mass is 127. The molecule has 0 aliphatic heterocycles. The Morgan fingerprint density at radius 3 is 2.56 bits per heavy atom. The summed E-state index contributed by atoms with van der Waals surface area (Å²) in [5.41, 5.74) is 1.98. The number of ether oxygens (including phenoxy) is 1. The lowest BCUT2D eigenvalue weighted by Gasteiger charge is -2.12. The van der Waals surface area contributed by atoms with Crippen molar-refractivity contribution in [2.45, 2.75) is 40.0 Å². The molecule has 2 N–H and O–H groups in total. The van der Waals surface area contributed by atoms with E-state index in [0.29, 0.717) is 35.1 Å². The van der Waals surface area contributed by atoms with Crippen LogP contribution in [-0.4, -0.2) is 28.2 Å². The van der Waals surface area contributed by atoms with Gasteiger partial charge in [-0.2, -0.15) is 0 Å². The Kier molecular flexibility index (Phi) is 10.3. The van der Waals surface area contributed by atoms with Crippen molar-refractivity contribution in [3.63, 3.8) is 0 Å². The fourth-order valence-electron chi connectivity index (χ4n) is 2.26. The molecule has 0 atom stereocenters. The molecule has 0 saturated heterocycles. The summed E-state index contributed by atoms with van der Waals surface area (Å²) in [4.78, 5) is 8.88. The van der Waals surface area contributed by atoms with Crippen molar-refractivity contribution < 1.29 is 4.74 Å². The van der Waals surface area contributed by atoms with E-state index in [1.165, 1.54) is 0 Å². The van der Waals surface area contributed by atoms with Crippen LogP contribution in [0.3, 0.4) is 0 Å². The standard InChI is InChI=1S/C18H25Cl2N5O.HI/c1-5-21-18(24-11-14-8-15(19)17(20)25(14)4)23-10-13-6-7-16(22-9-13)26-12(2)3;/h6-9,12H,5,10-11H2,1-4H3,(H2,21,23,24);1H. The van der Waals surface area contributed by atoms with Crippen molar-refractivity contribution in [1.82, 2.24) is 20.2 Å². The maximum absolute atomic E-state index is 6.10. The van der Waals surface area contributed by atoms with Gasteiger partial charge in [-0.25, -0.2) is 9.98 Å². The fourth-order valence-corrected chi connectivity index (χ4v) is 2.68. The van der Waals surface area contributed by atoms with Gasteiger partial charge in [0.25, 0.3) is 0 Å². The molecule has 0 bridgehead atoms. The number of nitrogens with zero attached hydrogens (tertiary/aromatic N) is 3. The number of rotatable bonds is 7. The van der Waals surface area contributed by atoms with Gasteiger partial charge in [-0.1, -0.05) is 29.3 Å². The van der Waals surface area contributed by atoms with Crippen molar-refractivity contribution in [2.75, 3.05) is 6.54 Å².